The molecular weight excluding hydrogens is 638 g/mol. The molecule has 2 bridgehead atoms. The number of carbonyl (C=O) groups is 3. The van der Waals surface area contributed by atoms with Crippen molar-refractivity contribution in [3.63, 3.8) is 0 Å². The van der Waals surface area contributed by atoms with Crippen LogP contribution in [-0.4, -0.2) is 90.2 Å². The van der Waals surface area contributed by atoms with Crippen LogP contribution in [0.4, 0.5) is 0 Å². The van der Waals surface area contributed by atoms with Gasteiger partial charge in [-0.1, -0.05) is 97.9 Å². The number of aliphatic hydroxyl groups is 1. The van der Waals surface area contributed by atoms with E-state index in [-0.39, 0.29) is 46.4 Å². The Morgan fingerprint density at radius 1 is 1.14 bits per heavy atom. The van der Waals surface area contributed by atoms with Gasteiger partial charge in [0.15, 0.2) is 0 Å². The lowest BCUT2D eigenvalue weighted by molar-refractivity contribution is -0.149. The van der Waals surface area contributed by atoms with Gasteiger partial charge in [0.2, 0.25) is 17.7 Å². The van der Waals surface area contributed by atoms with Crippen molar-refractivity contribution in [3.8, 4) is 0 Å². The Morgan fingerprint density at radius 2 is 1.82 bits per heavy atom. The molecule has 3 aliphatic heterocycles. The van der Waals surface area contributed by atoms with Crippen LogP contribution in [0.2, 0.25) is 0 Å². The molecule has 5 rings (SSSR count). The zero-order chi connectivity index (χ0) is 31.6. The molecule has 1 aromatic rings. The van der Waals surface area contributed by atoms with Gasteiger partial charge in [0.25, 0.3) is 0 Å². The zero-order valence-electron chi connectivity index (χ0n) is 26.2. The summed E-state index contributed by atoms with van der Waals surface area (Å²) in [6.45, 7) is 13.0. The molecule has 1 saturated carbocycles. The molecule has 1 aromatic carbocycles. The monoisotopic (exact) mass is 685 g/mol. The standard InChI is InChI=1S/C35H48BrN3O4S/c1-5-18-37(21-24-14-10-8-11-15-24)32(41)28-29-33(42)39(27(22-40)23(4)7-3)31(35(29)20-26(36)30(28)44-35)34(43)38(19-6-2)25-16-12-9-13-17-25/h5-6,8,10-11,14-15,23,25-31,40H,1-2,7,9,12-13,16-22H2,3-4H3/t23-,26?,27-,28+,29-,30+,31?,35?/m0/s1. The van der Waals surface area contributed by atoms with Gasteiger partial charge in [0, 0.05) is 35.8 Å². The van der Waals surface area contributed by atoms with Crippen LogP contribution in [0.5, 0.6) is 0 Å². The van der Waals surface area contributed by atoms with E-state index in [2.05, 4.69) is 29.1 Å². The molecule has 8 atom stereocenters. The topological polar surface area (TPSA) is 81.2 Å². The summed E-state index contributed by atoms with van der Waals surface area (Å²) < 4.78 is -0.755. The fourth-order valence-corrected chi connectivity index (χ4v) is 11.9. The van der Waals surface area contributed by atoms with Gasteiger partial charge in [-0.2, -0.15) is 0 Å². The number of aliphatic hydroxyl groups excluding tert-OH is 1. The lowest BCUT2D eigenvalue weighted by Crippen LogP contribution is -2.60. The predicted molar refractivity (Wildman–Crippen MR) is 180 cm³/mol. The number of likely N-dealkylation sites (tertiary alicyclic amines) is 1. The Bertz CT molecular complexity index is 1230. The van der Waals surface area contributed by atoms with Crippen molar-refractivity contribution in [2.45, 2.75) is 98.3 Å². The Morgan fingerprint density at radius 3 is 2.43 bits per heavy atom. The van der Waals surface area contributed by atoms with E-state index in [9.17, 15) is 19.5 Å². The van der Waals surface area contributed by atoms with E-state index in [0.29, 0.717) is 26.1 Å². The number of fused-ring (bicyclic) bond motifs is 1. The maximum absolute atomic E-state index is 15.0. The van der Waals surface area contributed by atoms with Crippen molar-refractivity contribution in [3.05, 3.63) is 61.2 Å². The van der Waals surface area contributed by atoms with E-state index in [1.165, 1.54) is 6.42 Å². The van der Waals surface area contributed by atoms with E-state index >= 15 is 0 Å². The normalized spacial score (nSPS) is 31.0. The molecule has 4 fully saturated rings. The first kappa shape index (κ1) is 33.3. The van der Waals surface area contributed by atoms with Gasteiger partial charge in [-0.05, 0) is 30.7 Å². The number of carbonyl (C=O) groups excluding carboxylic acids is 3. The summed E-state index contributed by atoms with van der Waals surface area (Å²) in [7, 11) is 0. The van der Waals surface area contributed by atoms with E-state index in [1.807, 2.05) is 49.1 Å². The zero-order valence-corrected chi connectivity index (χ0v) is 28.6. The second-order valence-corrected chi connectivity index (χ2v) is 15.8. The van der Waals surface area contributed by atoms with E-state index in [4.69, 9.17) is 0 Å². The summed E-state index contributed by atoms with van der Waals surface area (Å²) in [6.07, 6.45) is 10.1. The highest BCUT2D eigenvalue weighted by atomic mass is 79.9. The number of hydrogen-bond donors (Lipinski definition) is 1. The van der Waals surface area contributed by atoms with Crippen LogP contribution in [0.15, 0.2) is 55.6 Å². The highest BCUT2D eigenvalue weighted by Gasteiger charge is 2.76. The number of nitrogens with zero attached hydrogens (tertiary/aromatic N) is 3. The second-order valence-electron chi connectivity index (χ2n) is 13.1. The average molecular weight is 687 g/mol. The third-order valence-electron chi connectivity index (χ3n) is 10.6. The summed E-state index contributed by atoms with van der Waals surface area (Å²) in [5.41, 5.74) is 1.01. The van der Waals surface area contributed by atoms with Gasteiger partial charge in [-0.3, -0.25) is 14.4 Å². The molecule has 0 aromatic heterocycles. The number of rotatable bonds is 13. The molecule has 240 valence electrons. The van der Waals surface area contributed by atoms with Gasteiger partial charge in [-0.25, -0.2) is 0 Å². The quantitative estimate of drug-likeness (QED) is 0.222. The Balaban J connectivity index is 1.58. The molecular formula is C35H48BrN3O4S. The van der Waals surface area contributed by atoms with Crippen molar-refractivity contribution in [1.29, 1.82) is 0 Å². The van der Waals surface area contributed by atoms with Crippen molar-refractivity contribution in [1.82, 2.24) is 14.7 Å². The fraction of sp³-hybridized carbons (Fsp3) is 0.629. The molecule has 1 N–H and O–H groups in total. The van der Waals surface area contributed by atoms with Crippen LogP contribution in [0.1, 0.15) is 64.4 Å². The van der Waals surface area contributed by atoms with Gasteiger partial charge in [0.1, 0.15) is 6.04 Å². The molecule has 7 nitrogen and oxygen atoms in total. The maximum Gasteiger partial charge on any atom is 0.247 e. The minimum atomic E-state index is -0.755. The van der Waals surface area contributed by atoms with Crippen LogP contribution < -0.4 is 0 Å². The summed E-state index contributed by atoms with van der Waals surface area (Å²) in [5.74, 6) is -1.50. The number of thioether (sulfide) groups is 1. The number of amides is 3. The summed E-state index contributed by atoms with van der Waals surface area (Å²) in [6, 6.07) is 8.73. The number of halogens is 1. The number of alkyl halides is 1. The van der Waals surface area contributed by atoms with Crippen LogP contribution in [0, 0.1) is 17.8 Å². The van der Waals surface area contributed by atoms with Gasteiger partial charge in [0.05, 0.1) is 29.2 Å². The van der Waals surface area contributed by atoms with Gasteiger partial charge >= 0.3 is 0 Å². The van der Waals surface area contributed by atoms with Crippen LogP contribution >= 0.6 is 27.7 Å². The van der Waals surface area contributed by atoms with Crippen molar-refractivity contribution in [2.75, 3.05) is 19.7 Å². The third-order valence-corrected chi connectivity index (χ3v) is 13.8. The molecule has 44 heavy (non-hydrogen) atoms. The predicted octanol–water partition coefficient (Wildman–Crippen LogP) is 5.42. The molecule has 3 unspecified atom stereocenters. The van der Waals surface area contributed by atoms with Crippen LogP contribution in [0.25, 0.3) is 0 Å². The Labute approximate surface area is 275 Å². The molecule has 0 radical (unpaired) electrons. The van der Waals surface area contributed by atoms with Crippen LogP contribution in [-0.2, 0) is 20.9 Å². The van der Waals surface area contributed by atoms with Crippen LogP contribution in [0.3, 0.4) is 0 Å². The SMILES string of the molecule is C=CCN(Cc1ccccc1)C(=O)[C@H]1[C@@H]2SC3(CC2Br)C(C(=O)N(CC=C)C2CCCCC2)N([C@@H](CO)[C@@H](C)CC)C(=O)[C@H]13. The summed E-state index contributed by atoms with van der Waals surface area (Å²) >= 11 is 5.59. The first-order chi connectivity index (χ1) is 21.2. The first-order valence-electron chi connectivity index (χ1n) is 16.3. The van der Waals surface area contributed by atoms with Crippen molar-refractivity contribution in [2.24, 2.45) is 17.8 Å². The fourth-order valence-electron chi connectivity index (χ4n) is 8.31. The second kappa shape index (κ2) is 14.1. The van der Waals surface area contributed by atoms with E-state index < -0.39 is 28.7 Å². The molecule has 1 spiro atoms. The molecule has 3 saturated heterocycles. The molecule has 9 heteroatoms. The Hall–Kier alpha value is -2.10. The lowest BCUT2D eigenvalue weighted by atomic mass is 9.70. The van der Waals surface area contributed by atoms with Gasteiger partial charge in [-0.15, -0.1) is 24.9 Å². The highest BCUT2D eigenvalue weighted by Crippen LogP contribution is 2.68. The van der Waals surface area contributed by atoms with E-state index in [1.54, 1.807) is 33.7 Å². The molecule has 3 amide bonds. The molecule has 4 aliphatic rings. The largest absolute Gasteiger partial charge is 0.394 e. The maximum atomic E-state index is 15.0. The number of hydrogen-bond acceptors (Lipinski definition) is 5. The molecule has 1 aliphatic carbocycles. The highest BCUT2D eigenvalue weighted by molar-refractivity contribution is 9.09. The van der Waals surface area contributed by atoms with E-state index in [0.717, 1.165) is 37.7 Å². The van der Waals surface area contributed by atoms with Crippen molar-refractivity contribution >= 4 is 45.4 Å². The van der Waals surface area contributed by atoms with Gasteiger partial charge < -0.3 is 19.8 Å². The lowest BCUT2D eigenvalue weighted by Gasteiger charge is -2.43. The first-order valence-corrected chi connectivity index (χ1v) is 18.1. The minimum absolute atomic E-state index is 0.0107. The minimum Gasteiger partial charge on any atom is -0.394 e. The number of benzene rings is 1. The molecule has 3 heterocycles. The summed E-state index contributed by atoms with van der Waals surface area (Å²) in [5, 5.41) is 10.6. The summed E-state index contributed by atoms with van der Waals surface area (Å²) in [4.78, 5) is 49.9. The Kier molecular flexibility index (Phi) is 10.7. The smallest absolute Gasteiger partial charge is 0.247 e. The average Bonchev–Trinajstić information content (AvgIpc) is 3.63. The van der Waals surface area contributed by atoms with Crippen molar-refractivity contribution < 1.29 is 19.5 Å². The third kappa shape index (κ3) is 5.81.